The van der Waals surface area contributed by atoms with Gasteiger partial charge >= 0.3 is 0 Å². The lowest BCUT2D eigenvalue weighted by atomic mass is 10.0. The van der Waals surface area contributed by atoms with Gasteiger partial charge in [-0.05, 0) is 41.5 Å². The van der Waals surface area contributed by atoms with E-state index >= 15 is 0 Å². The molecular weight excluding hydrogens is 575 g/mol. The highest BCUT2D eigenvalue weighted by atomic mass is 32.1. The molecular formula is C39H23N3S2. The van der Waals surface area contributed by atoms with E-state index in [9.17, 15) is 0 Å². The average molecular weight is 598 g/mol. The van der Waals surface area contributed by atoms with Crippen LogP contribution in [0.3, 0.4) is 0 Å². The van der Waals surface area contributed by atoms with Gasteiger partial charge in [-0.1, -0.05) is 109 Å². The predicted octanol–water partition coefficient (Wildman–Crippen LogP) is 11.3. The van der Waals surface area contributed by atoms with Crippen LogP contribution < -0.4 is 0 Å². The zero-order valence-electron chi connectivity index (χ0n) is 23.4. The number of aromatic nitrogens is 3. The third kappa shape index (κ3) is 4.13. The minimum Gasteiger partial charge on any atom is -0.208 e. The van der Waals surface area contributed by atoms with E-state index in [0.29, 0.717) is 17.5 Å². The topological polar surface area (TPSA) is 38.7 Å². The molecule has 3 nitrogen and oxygen atoms in total. The second-order valence-electron chi connectivity index (χ2n) is 10.8. The molecule has 0 unspecified atom stereocenters. The third-order valence-electron chi connectivity index (χ3n) is 8.16. The monoisotopic (exact) mass is 597 g/mol. The second kappa shape index (κ2) is 10.2. The summed E-state index contributed by atoms with van der Waals surface area (Å²) >= 11 is 3.60. The molecule has 0 saturated heterocycles. The van der Waals surface area contributed by atoms with Crippen LogP contribution >= 0.6 is 22.7 Å². The molecule has 0 saturated carbocycles. The molecule has 0 aliphatic heterocycles. The first kappa shape index (κ1) is 25.3. The molecule has 3 heterocycles. The fraction of sp³-hybridized carbons (Fsp3) is 0. The number of thiophene rings is 2. The van der Waals surface area contributed by atoms with E-state index < -0.39 is 0 Å². The van der Waals surface area contributed by atoms with Crippen LogP contribution in [-0.2, 0) is 0 Å². The summed E-state index contributed by atoms with van der Waals surface area (Å²) in [6.07, 6.45) is 0. The van der Waals surface area contributed by atoms with Gasteiger partial charge in [-0.15, -0.1) is 22.7 Å². The van der Waals surface area contributed by atoms with Gasteiger partial charge in [0.15, 0.2) is 17.5 Å². The Balaban J connectivity index is 1.32. The molecule has 44 heavy (non-hydrogen) atoms. The first-order valence-electron chi connectivity index (χ1n) is 14.5. The summed E-state index contributed by atoms with van der Waals surface area (Å²) in [6.45, 7) is 0. The normalized spacial score (nSPS) is 11.6. The Morgan fingerprint density at radius 3 is 1.82 bits per heavy atom. The van der Waals surface area contributed by atoms with E-state index in [2.05, 4.69) is 121 Å². The standard InChI is InChI=1S/C39H23N3S2/c1-3-11-24(12-4-1)26-21-22-33-31(23-26)35-29(17-10-20-34(35)43-33)38-40-37(25-13-5-2-6-14-25)41-39(42-38)30-18-9-16-28-27-15-7-8-19-32(27)44-36(28)30/h1-23H. The molecule has 0 bridgehead atoms. The molecule has 0 aliphatic carbocycles. The van der Waals surface area contributed by atoms with Gasteiger partial charge in [-0.3, -0.25) is 0 Å². The van der Waals surface area contributed by atoms with Crippen molar-refractivity contribution in [2.45, 2.75) is 0 Å². The predicted molar refractivity (Wildman–Crippen MR) is 187 cm³/mol. The van der Waals surface area contributed by atoms with Gasteiger partial charge in [0.05, 0.1) is 0 Å². The Labute approximate surface area is 261 Å². The van der Waals surface area contributed by atoms with Gasteiger partial charge in [-0.2, -0.15) is 0 Å². The molecule has 0 spiro atoms. The average Bonchev–Trinajstić information content (AvgIpc) is 3.67. The Morgan fingerprint density at radius 2 is 0.977 bits per heavy atom. The van der Waals surface area contributed by atoms with E-state index in [1.165, 1.54) is 51.5 Å². The van der Waals surface area contributed by atoms with E-state index in [-0.39, 0.29) is 0 Å². The lowest BCUT2D eigenvalue weighted by Gasteiger charge is -2.10. The number of hydrogen-bond donors (Lipinski definition) is 0. The SMILES string of the molecule is c1ccc(-c2ccc3sc4cccc(-c5nc(-c6ccccc6)nc(-c6cccc7c6sc6ccccc67)n5)c4c3c2)cc1. The van der Waals surface area contributed by atoms with Crippen LogP contribution in [0.4, 0.5) is 0 Å². The molecule has 0 amide bonds. The van der Waals surface area contributed by atoms with E-state index in [4.69, 9.17) is 15.0 Å². The lowest BCUT2D eigenvalue weighted by Crippen LogP contribution is -2.00. The number of hydrogen-bond acceptors (Lipinski definition) is 5. The van der Waals surface area contributed by atoms with Gasteiger partial charge in [-0.25, -0.2) is 15.0 Å². The zero-order valence-corrected chi connectivity index (χ0v) is 25.1. The summed E-state index contributed by atoms with van der Waals surface area (Å²) in [6, 6.07) is 49.0. The van der Waals surface area contributed by atoms with Crippen molar-refractivity contribution in [3.63, 3.8) is 0 Å². The number of benzene rings is 6. The van der Waals surface area contributed by atoms with Crippen molar-refractivity contribution in [2.75, 3.05) is 0 Å². The van der Waals surface area contributed by atoms with Gasteiger partial charge in [0.2, 0.25) is 0 Å². The summed E-state index contributed by atoms with van der Waals surface area (Å²) in [5.41, 5.74) is 5.41. The first-order chi connectivity index (χ1) is 21.8. The Kier molecular flexibility index (Phi) is 5.86. The first-order valence-corrected chi connectivity index (χ1v) is 16.2. The van der Waals surface area contributed by atoms with Crippen LogP contribution in [0.2, 0.25) is 0 Å². The second-order valence-corrected chi connectivity index (χ2v) is 12.9. The molecule has 9 aromatic rings. The van der Waals surface area contributed by atoms with Crippen LogP contribution in [0, 0.1) is 0 Å². The maximum absolute atomic E-state index is 5.23. The summed E-state index contributed by atoms with van der Waals surface area (Å²) < 4.78 is 4.92. The summed E-state index contributed by atoms with van der Waals surface area (Å²) in [5.74, 6) is 2.04. The molecule has 0 N–H and O–H groups in total. The molecule has 9 rings (SSSR count). The Hall–Kier alpha value is -5.23. The Morgan fingerprint density at radius 1 is 0.364 bits per heavy atom. The van der Waals surface area contributed by atoms with Gasteiger partial charge in [0.1, 0.15) is 0 Å². The van der Waals surface area contributed by atoms with Crippen LogP contribution in [0.5, 0.6) is 0 Å². The van der Waals surface area contributed by atoms with Gasteiger partial charge in [0, 0.05) is 57.0 Å². The smallest absolute Gasteiger partial charge is 0.165 e. The molecule has 5 heteroatoms. The third-order valence-corrected chi connectivity index (χ3v) is 10.5. The van der Waals surface area contributed by atoms with E-state index in [1.807, 2.05) is 29.5 Å². The van der Waals surface area contributed by atoms with Crippen LogP contribution in [0.25, 0.3) is 85.6 Å². The Bertz CT molecular complexity index is 2500. The lowest BCUT2D eigenvalue weighted by molar-refractivity contribution is 1.08. The highest BCUT2D eigenvalue weighted by Gasteiger charge is 2.19. The van der Waals surface area contributed by atoms with Gasteiger partial charge < -0.3 is 0 Å². The van der Waals surface area contributed by atoms with Crippen LogP contribution in [-0.4, -0.2) is 15.0 Å². The van der Waals surface area contributed by atoms with Crippen molar-refractivity contribution in [1.29, 1.82) is 0 Å². The fourth-order valence-electron chi connectivity index (χ4n) is 6.08. The molecule has 3 aromatic heterocycles. The zero-order chi connectivity index (χ0) is 29.0. The minimum absolute atomic E-state index is 0.672. The summed E-state index contributed by atoms with van der Waals surface area (Å²) in [5, 5.41) is 4.89. The molecule has 0 aliphatic rings. The largest absolute Gasteiger partial charge is 0.208 e. The summed E-state index contributed by atoms with van der Waals surface area (Å²) in [7, 11) is 0. The molecule has 206 valence electrons. The van der Waals surface area contributed by atoms with E-state index in [1.54, 1.807) is 11.3 Å². The van der Waals surface area contributed by atoms with Crippen molar-refractivity contribution in [3.05, 3.63) is 140 Å². The van der Waals surface area contributed by atoms with Crippen molar-refractivity contribution in [3.8, 4) is 45.3 Å². The molecule has 6 aromatic carbocycles. The highest BCUT2D eigenvalue weighted by molar-refractivity contribution is 7.26. The van der Waals surface area contributed by atoms with E-state index in [0.717, 1.165) is 16.7 Å². The summed E-state index contributed by atoms with van der Waals surface area (Å²) in [4.78, 5) is 15.4. The fourth-order valence-corrected chi connectivity index (χ4v) is 8.40. The quantitative estimate of drug-likeness (QED) is 0.203. The van der Waals surface area contributed by atoms with Crippen molar-refractivity contribution >= 4 is 63.0 Å². The maximum Gasteiger partial charge on any atom is 0.165 e. The number of rotatable bonds is 4. The number of fused-ring (bicyclic) bond motifs is 6. The molecule has 0 atom stereocenters. The van der Waals surface area contributed by atoms with Crippen molar-refractivity contribution in [1.82, 2.24) is 15.0 Å². The van der Waals surface area contributed by atoms with Crippen LogP contribution in [0.15, 0.2) is 140 Å². The molecule has 0 fully saturated rings. The van der Waals surface area contributed by atoms with Crippen molar-refractivity contribution < 1.29 is 0 Å². The minimum atomic E-state index is 0.672. The van der Waals surface area contributed by atoms with Gasteiger partial charge in [0.25, 0.3) is 0 Å². The number of nitrogens with zero attached hydrogens (tertiary/aromatic N) is 3. The highest BCUT2D eigenvalue weighted by Crippen LogP contribution is 2.43. The molecule has 0 radical (unpaired) electrons. The van der Waals surface area contributed by atoms with Crippen LogP contribution in [0.1, 0.15) is 0 Å². The van der Waals surface area contributed by atoms with Crippen molar-refractivity contribution in [2.24, 2.45) is 0 Å². The maximum atomic E-state index is 5.23.